The van der Waals surface area contributed by atoms with Crippen LogP contribution in [0.5, 0.6) is 5.75 Å². The fourth-order valence-corrected chi connectivity index (χ4v) is 16.8. The van der Waals surface area contributed by atoms with Crippen LogP contribution in [0.3, 0.4) is 0 Å². The monoisotopic (exact) mass is 1910 g/mol. The van der Waals surface area contributed by atoms with Crippen molar-refractivity contribution in [3.8, 4) is 5.75 Å². The van der Waals surface area contributed by atoms with E-state index in [1.54, 1.807) is 87.8 Å². The Kier molecular flexibility index (Phi) is 40.9. The van der Waals surface area contributed by atoms with E-state index in [1.165, 1.54) is 64.9 Å². The van der Waals surface area contributed by atoms with Gasteiger partial charge in [-0.05, 0) is 111 Å². The summed E-state index contributed by atoms with van der Waals surface area (Å²) < 4.78 is 0. The first kappa shape index (κ1) is 108. The van der Waals surface area contributed by atoms with Gasteiger partial charge < -0.3 is 132 Å². The molecule has 8 rings (SSSR count). The van der Waals surface area contributed by atoms with Crippen LogP contribution < -0.4 is 91.6 Å². The number of likely N-dealkylation sites (N-methyl/N-ethyl adjacent to an activating group) is 3. The van der Waals surface area contributed by atoms with Crippen LogP contribution in [-0.2, 0) is 101 Å². The molecule has 3 aliphatic rings. The minimum absolute atomic E-state index is 0.0108. The number of imidazole rings is 1. The Balaban J connectivity index is 1.16. The predicted octanol–water partition coefficient (Wildman–Crippen LogP) is -2.73. The third-order valence-corrected chi connectivity index (χ3v) is 25.0. The highest BCUT2D eigenvalue weighted by molar-refractivity contribution is 8.00. The number of fused-ring (bicyclic) bond motifs is 2. The van der Waals surface area contributed by atoms with Crippen LogP contribution in [-0.4, -0.2) is 294 Å². The summed E-state index contributed by atoms with van der Waals surface area (Å²) in [5.74, 6) is -19.3. The number of carbonyl (C=O) groups is 17. The van der Waals surface area contributed by atoms with Crippen LogP contribution >= 0.6 is 11.8 Å². The summed E-state index contributed by atoms with van der Waals surface area (Å²) in [7, 11) is 3.90. The zero-order valence-corrected chi connectivity index (χ0v) is 78.6. The lowest BCUT2D eigenvalue weighted by Gasteiger charge is -2.36. The van der Waals surface area contributed by atoms with E-state index in [2.05, 4.69) is 89.4 Å². The second-order valence-electron chi connectivity index (χ2n) is 34.9. The number of amides is 17. The number of phenolic OH excluding ortho intramolecular Hbond substituents is 1. The summed E-state index contributed by atoms with van der Waals surface area (Å²) in [6.07, 6.45) is 5.00. The highest BCUT2D eigenvalue weighted by atomic mass is 32.2. The van der Waals surface area contributed by atoms with Crippen LogP contribution in [0.25, 0.3) is 10.9 Å². The van der Waals surface area contributed by atoms with Crippen molar-refractivity contribution in [3.63, 3.8) is 0 Å². The minimum Gasteiger partial charge on any atom is -0.508 e. The number of primary amides is 2. The third-order valence-electron chi connectivity index (χ3n) is 24.0. The highest BCUT2D eigenvalue weighted by Gasteiger charge is 2.60. The van der Waals surface area contributed by atoms with Gasteiger partial charge in [0.2, 0.25) is 100 Å². The smallest absolute Gasteiger partial charge is 0.246 e. The molecule has 17 amide bonds. The maximum Gasteiger partial charge on any atom is 0.246 e. The summed E-state index contributed by atoms with van der Waals surface area (Å²) in [4.78, 5) is 260. The number of rotatable bonds is 25. The van der Waals surface area contributed by atoms with Gasteiger partial charge in [0.15, 0.2) is 5.96 Å². The number of carbonyl (C=O) groups excluding carboxylic acids is 17. The molecule has 4 heterocycles. The zero-order chi connectivity index (χ0) is 99.8. The number of hydrogen-bond acceptors (Lipinski definition) is 24. The molecular formula is C91H130N24O20S. The molecule has 45 heteroatoms. The maximum atomic E-state index is 15.8. The van der Waals surface area contributed by atoms with E-state index < -0.39 is 246 Å². The average molecular weight is 1910 g/mol. The third kappa shape index (κ3) is 31.2. The number of hydrogen-bond donors (Lipinski definition) is 23. The normalized spacial score (nSPS) is 25.6. The summed E-state index contributed by atoms with van der Waals surface area (Å²) in [5, 5.41) is 78.6. The number of guanidine groups is 1. The number of para-hydroxylation sites is 2. The molecule has 1 saturated heterocycles. The van der Waals surface area contributed by atoms with Crippen molar-refractivity contribution < 1.29 is 96.8 Å². The molecule has 0 bridgehead atoms. The summed E-state index contributed by atoms with van der Waals surface area (Å²) in [6, 6.07) is 0.872. The van der Waals surface area contributed by atoms with E-state index in [1.807, 2.05) is 13.8 Å². The summed E-state index contributed by atoms with van der Waals surface area (Å²) in [6.45, 7) is 7.75. The Morgan fingerprint density at radius 1 is 0.625 bits per heavy atom. The maximum absolute atomic E-state index is 15.8. The number of aromatic hydroxyl groups is 1. The number of nitrogens with two attached hydrogens (primary N) is 3. The van der Waals surface area contributed by atoms with E-state index in [0.29, 0.717) is 64.7 Å². The topological polar surface area (TPSA) is 675 Å². The molecule has 44 nitrogen and oxygen atoms in total. The number of aliphatic hydroxyl groups is 2. The molecule has 3 aromatic carbocycles. The molecule has 26 N–H and O–H groups in total. The lowest BCUT2D eigenvalue weighted by molar-refractivity contribution is -0.149. The molecule has 3 unspecified atom stereocenters. The lowest BCUT2D eigenvalue weighted by Crippen LogP contribution is -2.63. The summed E-state index contributed by atoms with van der Waals surface area (Å²) in [5.41, 5.74) is 17.8. The van der Waals surface area contributed by atoms with Crippen LogP contribution in [0.15, 0.2) is 104 Å². The Morgan fingerprint density at radius 2 is 1.24 bits per heavy atom. The molecular weight excluding hydrogens is 1780 g/mol. The van der Waals surface area contributed by atoms with Crippen molar-refractivity contribution in [1.29, 1.82) is 5.41 Å². The van der Waals surface area contributed by atoms with Gasteiger partial charge in [-0.25, -0.2) is 4.98 Å². The quantitative estimate of drug-likeness (QED) is 0.0160. The van der Waals surface area contributed by atoms with Gasteiger partial charge in [0.1, 0.15) is 83.8 Å². The second kappa shape index (κ2) is 51.7. The van der Waals surface area contributed by atoms with Crippen molar-refractivity contribution >= 4 is 135 Å². The molecule has 16 atom stereocenters. The number of benzene rings is 3. The van der Waals surface area contributed by atoms with Gasteiger partial charge in [-0.3, -0.25) is 86.9 Å². The zero-order valence-electron chi connectivity index (χ0n) is 77.8. The van der Waals surface area contributed by atoms with Gasteiger partial charge in [-0.15, -0.1) is 11.8 Å². The second-order valence-corrected chi connectivity index (χ2v) is 35.9. The van der Waals surface area contributed by atoms with Gasteiger partial charge in [0, 0.05) is 106 Å². The first-order valence-corrected chi connectivity index (χ1v) is 46.6. The average Bonchev–Trinajstić information content (AvgIpc) is 1.58. The lowest BCUT2D eigenvalue weighted by atomic mass is 9.87. The van der Waals surface area contributed by atoms with Gasteiger partial charge >= 0.3 is 0 Å². The predicted molar refractivity (Wildman–Crippen MR) is 502 cm³/mol. The van der Waals surface area contributed by atoms with E-state index in [9.17, 15) is 68.1 Å². The van der Waals surface area contributed by atoms with Gasteiger partial charge in [0.05, 0.1) is 37.8 Å². The van der Waals surface area contributed by atoms with Crippen molar-refractivity contribution in [2.24, 2.45) is 29.0 Å². The van der Waals surface area contributed by atoms with Crippen molar-refractivity contribution in [2.75, 3.05) is 64.2 Å². The van der Waals surface area contributed by atoms with Crippen LogP contribution in [0.2, 0.25) is 0 Å². The summed E-state index contributed by atoms with van der Waals surface area (Å²) >= 11 is 0.757. The molecule has 2 aromatic heterocycles. The Bertz CT molecular complexity index is 5100. The Hall–Kier alpha value is -13.7. The molecule has 740 valence electrons. The Labute approximate surface area is 791 Å². The van der Waals surface area contributed by atoms with Crippen LogP contribution in [0.1, 0.15) is 153 Å². The first-order chi connectivity index (χ1) is 64.7. The number of nitrogens with zero attached hydrogens (tertiary/aromatic N) is 4. The number of aliphatic hydroxyl groups excluding tert-OH is 2. The van der Waals surface area contributed by atoms with Gasteiger partial charge in [0.25, 0.3) is 0 Å². The first-order valence-electron chi connectivity index (χ1n) is 45.4. The number of aromatic nitrogens is 3. The molecule has 1 aliphatic carbocycles. The van der Waals surface area contributed by atoms with E-state index >= 15 is 28.8 Å². The molecule has 2 fully saturated rings. The van der Waals surface area contributed by atoms with Crippen molar-refractivity contribution in [2.45, 2.75) is 234 Å². The number of H-pyrrole nitrogens is 2. The number of unbranched alkanes of at least 4 members (excludes halogenated alkanes) is 2. The molecule has 1 saturated carbocycles. The number of nitrogens with one attached hydrogen (secondary N) is 17. The van der Waals surface area contributed by atoms with Crippen molar-refractivity contribution in [3.05, 3.63) is 126 Å². The van der Waals surface area contributed by atoms with E-state index in [0.717, 1.165) is 26.5 Å². The van der Waals surface area contributed by atoms with Crippen molar-refractivity contribution in [1.82, 2.24) is 98.8 Å². The van der Waals surface area contributed by atoms with Gasteiger partial charge in [-0.2, -0.15) is 0 Å². The molecule has 1 spiro atoms. The highest BCUT2D eigenvalue weighted by Crippen LogP contribution is 2.44. The fraction of sp³-hybridized carbons (Fsp3) is 0.527. The molecule has 5 aromatic rings. The Morgan fingerprint density at radius 3 is 1.90 bits per heavy atom. The van der Waals surface area contributed by atoms with E-state index in [4.69, 9.17) is 22.6 Å². The van der Waals surface area contributed by atoms with Crippen LogP contribution in [0, 0.1) is 17.2 Å². The SMILES string of the molecule is CCCC[C@H]1C(=O)N(C)[C@@H](CCCC)C(=O)N[C@@H](CCCNC(=N)N)C(=O)NC(C(=O)NCC(N)=O)CSCC(=O)N[C@@H](Cc2ccc(O)cc2)C(=O)N(C)[C@@H](C)C(=O)N[C@@H](CC(N)=O)C(=O)NC[C@H](O)CCC(=O)N[C@@H](Cc2cnc[nH]2)C(=O)N[C@@H](CC(C)C)C(=O)NC2(C[C@@H]2C)C(=O)NC([C@H]2C=CNc3ccccc32)C(=O)N[C@@H](CO)C(=O)N[C@@H](Cc2c[nH]c3ccccc23)C(=O)N1C. The molecule has 136 heavy (non-hydrogen) atoms. The number of thioether (sulfide) groups is 1. The number of phenols is 1. The van der Waals surface area contributed by atoms with Crippen LogP contribution in [0.4, 0.5) is 5.69 Å². The molecule has 2 aliphatic heterocycles. The standard InChI is InChI=1S/C91H130N24O20S/c1-10-12-24-70-84(130)105-62(23-18-33-98-90(94)95)80(126)110-69(79(125)101-44-73(93)120)46-136-47-75(122)104-66(36-52-26-28-55(117)29-27-52)86(132)113(7)51(6)77(123)106-65(39-72(92)119)78(124)100-43-56(118)30-31-74(121)103-64(38-54-42-96-48-102-54)81(127)107-63(35-49(3)4)83(129)112-91(40-50(91)5)89(135)111-76(59-32-34-97-61-22-17-15-20-58(59)61)85(131)109-68(45-116)82(128)108-67(37-53-41-99-60-21-16-14-19-57(53)60)87(133)115(9)71(25-13-11-2)88(134)114(70)8/h14-17,19-22,26-29,32,34,41-42,48-51,56,59,62-71,76,97,99,116-118H,10-13,18,23-25,30-31,33,35-40,43-47H2,1-9H3,(H2,92,119)(H2,93,120)(H,96,102)(H,100,124)(H,101,125)(H,103,121)(H,104,122)(H,105,130)(H,106,123)(H,107,127)(H,108,128)(H,109,131)(H,110,126)(H,111,135)(H,112,129)(H4,94,95,98)/t50-,51-,56+,59-,62-,63-,64-,65-,66-,67-,68-,69?,70-,71-,76?,91?/m0/s1. The molecule has 0 radical (unpaired) electrons. The minimum atomic E-state index is -1.88. The number of aromatic amines is 2. The number of anilines is 1. The van der Waals surface area contributed by atoms with E-state index in [-0.39, 0.29) is 82.4 Å². The largest absolute Gasteiger partial charge is 0.508 e. The number of β-amino-alcohol motifs (C(OH)–C–C–N with tert-alkyl or cyclic N) is 1. The van der Waals surface area contributed by atoms with Gasteiger partial charge in [-0.1, -0.05) is 115 Å². The fourth-order valence-electron chi connectivity index (χ4n) is 16.0.